The molecule has 0 bridgehead atoms. The number of hydrogen-bond donors (Lipinski definition) is 0. The Hall–Kier alpha value is -1.63. The van der Waals surface area contributed by atoms with E-state index in [2.05, 4.69) is 37.9 Å². The van der Waals surface area contributed by atoms with Gasteiger partial charge in [-0.15, -0.1) is 11.3 Å². The number of likely N-dealkylation sites (N-methyl/N-ethyl adjacent to an activating group) is 1. The summed E-state index contributed by atoms with van der Waals surface area (Å²) in [6.07, 6.45) is 7.20. The fraction of sp³-hybridized carbons (Fsp3) is 0.500. The monoisotopic (exact) mass is 441 g/mol. The predicted octanol–water partition coefficient (Wildman–Crippen LogP) is 5.81. The number of fused-ring (bicyclic) bond motifs is 3. The number of rotatable bonds is 8. The van der Waals surface area contributed by atoms with Gasteiger partial charge in [0.2, 0.25) is 0 Å². The molecule has 4 nitrogen and oxygen atoms in total. The van der Waals surface area contributed by atoms with E-state index in [1.165, 1.54) is 41.7 Å². The normalized spacial score (nSPS) is 14.4. The van der Waals surface area contributed by atoms with E-state index in [0.29, 0.717) is 0 Å². The van der Waals surface area contributed by atoms with Crippen LogP contribution in [0.2, 0.25) is 0 Å². The van der Waals surface area contributed by atoms with Crippen LogP contribution in [-0.2, 0) is 13.0 Å². The zero-order valence-electron chi connectivity index (χ0n) is 18.2. The van der Waals surface area contributed by atoms with E-state index in [9.17, 15) is 4.79 Å². The number of thiophene rings is 1. The summed E-state index contributed by atoms with van der Waals surface area (Å²) in [4.78, 5) is 23.3. The molecule has 0 amide bonds. The van der Waals surface area contributed by atoms with E-state index in [4.69, 9.17) is 4.98 Å². The molecule has 160 valence electrons. The van der Waals surface area contributed by atoms with Crippen LogP contribution in [0.25, 0.3) is 15.9 Å². The van der Waals surface area contributed by atoms with Gasteiger partial charge in [-0.05, 0) is 44.5 Å². The number of aryl methyl sites for hydroxylation is 1. The number of aromatic nitrogens is 2. The summed E-state index contributed by atoms with van der Waals surface area (Å²) in [5, 5.41) is 1.68. The first kappa shape index (κ1) is 21.6. The average Bonchev–Trinajstić information content (AvgIpc) is 3.09. The topological polar surface area (TPSA) is 38.1 Å². The summed E-state index contributed by atoms with van der Waals surface area (Å²) < 4.78 is 1.85. The van der Waals surface area contributed by atoms with E-state index in [0.717, 1.165) is 52.7 Å². The molecule has 0 saturated heterocycles. The summed E-state index contributed by atoms with van der Waals surface area (Å²) in [6.45, 7) is 6.23. The molecule has 1 aliphatic rings. The van der Waals surface area contributed by atoms with Crippen LogP contribution in [0.1, 0.15) is 55.0 Å². The Morgan fingerprint density at radius 1 is 1.13 bits per heavy atom. The molecule has 4 rings (SSSR count). The molecule has 3 heterocycles. The molecule has 0 aliphatic carbocycles. The van der Waals surface area contributed by atoms with E-state index in [1.54, 1.807) is 23.1 Å². The van der Waals surface area contributed by atoms with Crippen molar-refractivity contribution in [3.63, 3.8) is 0 Å². The van der Waals surface area contributed by atoms with E-state index >= 15 is 0 Å². The Morgan fingerprint density at radius 3 is 2.67 bits per heavy atom. The second-order valence-electron chi connectivity index (χ2n) is 8.30. The van der Waals surface area contributed by atoms with Gasteiger partial charge in [-0.25, -0.2) is 4.98 Å². The maximum atomic E-state index is 13.7. The molecular weight excluding hydrogens is 410 g/mol. The number of nitrogens with zero attached hydrogens (tertiary/aromatic N) is 3. The Kier molecular flexibility index (Phi) is 6.96. The van der Waals surface area contributed by atoms with Gasteiger partial charge in [0.15, 0.2) is 5.16 Å². The maximum Gasteiger partial charge on any atom is 0.267 e. The van der Waals surface area contributed by atoms with Crippen molar-refractivity contribution in [3.05, 3.63) is 50.6 Å². The molecule has 0 fully saturated rings. The van der Waals surface area contributed by atoms with Gasteiger partial charge < -0.3 is 4.90 Å². The highest BCUT2D eigenvalue weighted by molar-refractivity contribution is 7.99. The predicted molar refractivity (Wildman–Crippen MR) is 129 cm³/mol. The first-order valence-corrected chi connectivity index (χ1v) is 12.8. The van der Waals surface area contributed by atoms with Crippen LogP contribution in [-0.4, -0.2) is 33.8 Å². The van der Waals surface area contributed by atoms with E-state index in [1.807, 2.05) is 16.7 Å². The molecular formula is C24H31N3OS2. The minimum absolute atomic E-state index is 0.0967. The second-order valence-corrected chi connectivity index (χ2v) is 10.5. The van der Waals surface area contributed by atoms with Crippen LogP contribution < -0.4 is 5.56 Å². The van der Waals surface area contributed by atoms with Crippen LogP contribution in [0.15, 0.2) is 34.2 Å². The molecule has 6 heteroatoms. The Balaban J connectivity index is 1.73. The van der Waals surface area contributed by atoms with E-state index in [-0.39, 0.29) is 5.56 Å². The molecule has 1 aromatic carbocycles. The smallest absolute Gasteiger partial charge is 0.267 e. The standard InChI is InChI=1S/C24H31N3OS2/c1-4-5-6-7-8-15-29-24-25-22-21(19-13-14-26(3)16-20(19)30-22)23(28)27(24)18-11-9-17(2)10-12-18/h9-12H,4-8,13-16H2,1-3H3. The van der Waals surface area contributed by atoms with Gasteiger partial charge >= 0.3 is 0 Å². The van der Waals surface area contributed by atoms with Crippen molar-refractivity contribution in [2.75, 3.05) is 19.3 Å². The second kappa shape index (κ2) is 9.67. The molecule has 0 N–H and O–H groups in total. The number of hydrogen-bond acceptors (Lipinski definition) is 5. The molecule has 0 atom stereocenters. The number of thioether (sulfide) groups is 1. The van der Waals surface area contributed by atoms with Crippen molar-refractivity contribution in [2.45, 2.75) is 64.1 Å². The van der Waals surface area contributed by atoms with Crippen molar-refractivity contribution < 1.29 is 0 Å². The molecule has 2 aromatic heterocycles. The summed E-state index contributed by atoms with van der Waals surface area (Å²) in [7, 11) is 2.14. The molecule has 30 heavy (non-hydrogen) atoms. The van der Waals surface area contributed by atoms with Gasteiger partial charge in [0.05, 0.1) is 11.1 Å². The van der Waals surface area contributed by atoms with Gasteiger partial charge in [0.25, 0.3) is 5.56 Å². The molecule has 0 radical (unpaired) electrons. The van der Waals surface area contributed by atoms with Crippen LogP contribution in [0.4, 0.5) is 0 Å². The van der Waals surface area contributed by atoms with Gasteiger partial charge in [-0.3, -0.25) is 9.36 Å². The summed E-state index contributed by atoms with van der Waals surface area (Å²) >= 11 is 3.44. The van der Waals surface area contributed by atoms with Crippen LogP contribution >= 0.6 is 23.1 Å². The van der Waals surface area contributed by atoms with Crippen molar-refractivity contribution in [1.82, 2.24) is 14.5 Å². The quantitative estimate of drug-likeness (QED) is 0.251. The highest BCUT2D eigenvalue weighted by atomic mass is 32.2. The summed E-state index contributed by atoms with van der Waals surface area (Å²) in [6, 6.07) is 8.23. The molecule has 0 saturated carbocycles. The van der Waals surface area contributed by atoms with Crippen molar-refractivity contribution in [1.29, 1.82) is 0 Å². The highest BCUT2D eigenvalue weighted by Gasteiger charge is 2.24. The lowest BCUT2D eigenvalue weighted by atomic mass is 10.1. The zero-order chi connectivity index (χ0) is 21.1. The van der Waals surface area contributed by atoms with Gasteiger partial charge in [0.1, 0.15) is 4.83 Å². The van der Waals surface area contributed by atoms with Gasteiger partial charge in [-0.2, -0.15) is 0 Å². The first-order chi connectivity index (χ1) is 14.6. The van der Waals surface area contributed by atoms with Crippen molar-refractivity contribution in [2.24, 2.45) is 0 Å². The van der Waals surface area contributed by atoms with Crippen molar-refractivity contribution >= 4 is 33.3 Å². The lowest BCUT2D eigenvalue weighted by Crippen LogP contribution is -2.27. The van der Waals surface area contributed by atoms with Gasteiger partial charge in [-0.1, -0.05) is 62.1 Å². The summed E-state index contributed by atoms with van der Waals surface area (Å²) in [5.74, 6) is 1.00. The molecule has 0 unspecified atom stereocenters. The minimum atomic E-state index is 0.0967. The molecule has 1 aliphatic heterocycles. The van der Waals surface area contributed by atoms with Gasteiger partial charge in [0, 0.05) is 23.7 Å². The third-order valence-electron chi connectivity index (χ3n) is 5.81. The SMILES string of the molecule is CCCCCCCSc1nc2sc3c(c2c(=O)n1-c1ccc(C)cc1)CCN(C)C3. The highest BCUT2D eigenvalue weighted by Crippen LogP contribution is 2.34. The first-order valence-electron chi connectivity index (χ1n) is 11.0. The third kappa shape index (κ3) is 4.51. The molecule has 3 aromatic rings. The fourth-order valence-corrected chi connectivity index (χ4v) is 6.39. The Labute approximate surface area is 187 Å². The number of benzene rings is 1. The third-order valence-corrected chi connectivity index (χ3v) is 7.94. The fourth-order valence-electron chi connectivity index (χ4n) is 4.04. The maximum absolute atomic E-state index is 13.7. The minimum Gasteiger partial charge on any atom is -0.301 e. The van der Waals surface area contributed by atoms with Crippen LogP contribution in [0.5, 0.6) is 0 Å². The lowest BCUT2D eigenvalue weighted by molar-refractivity contribution is 0.318. The zero-order valence-corrected chi connectivity index (χ0v) is 19.9. The number of unbranched alkanes of at least 4 members (excludes halogenated alkanes) is 4. The van der Waals surface area contributed by atoms with Crippen LogP contribution in [0.3, 0.4) is 0 Å². The lowest BCUT2D eigenvalue weighted by Gasteiger charge is -2.21. The van der Waals surface area contributed by atoms with Crippen molar-refractivity contribution in [3.8, 4) is 5.69 Å². The molecule has 0 spiro atoms. The largest absolute Gasteiger partial charge is 0.301 e. The average molecular weight is 442 g/mol. The Morgan fingerprint density at radius 2 is 1.90 bits per heavy atom. The van der Waals surface area contributed by atoms with Crippen LogP contribution in [0, 0.1) is 6.92 Å². The summed E-state index contributed by atoms with van der Waals surface area (Å²) in [5.41, 5.74) is 3.44. The van der Waals surface area contributed by atoms with E-state index < -0.39 is 0 Å². The Bertz CT molecular complexity index is 1070.